The van der Waals surface area contributed by atoms with E-state index in [4.69, 9.17) is 0 Å². The van der Waals surface area contributed by atoms with Crippen molar-refractivity contribution in [3.8, 4) is 0 Å². The Labute approximate surface area is 134 Å². The highest BCUT2D eigenvalue weighted by Gasteiger charge is 2.39. The standard InChI is InChI=1S/C15H22N4O2S/c1-11(20)19-8-3-5-13(19)12-4-2-7-18(12)10-14(21)17-15-16-6-9-22-15/h6,9,12-13H,2-5,7-8,10H2,1H3,(H,16,17,21). The van der Waals surface area contributed by atoms with Gasteiger partial charge in [0.2, 0.25) is 11.8 Å². The molecule has 1 aromatic rings. The van der Waals surface area contributed by atoms with E-state index < -0.39 is 0 Å². The van der Waals surface area contributed by atoms with E-state index in [1.807, 2.05) is 10.3 Å². The Morgan fingerprint density at radius 3 is 2.82 bits per heavy atom. The predicted octanol–water partition coefficient (Wildman–Crippen LogP) is 1.56. The van der Waals surface area contributed by atoms with E-state index >= 15 is 0 Å². The number of hydrogen-bond acceptors (Lipinski definition) is 5. The van der Waals surface area contributed by atoms with Crippen LogP contribution in [0.4, 0.5) is 5.13 Å². The van der Waals surface area contributed by atoms with Crippen molar-refractivity contribution >= 4 is 28.3 Å². The van der Waals surface area contributed by atoms with Gasteiger partial charge in [0, 0.05) is 37.1 Å². The molecule has 2 aliphatic heterocycles. The predicted molar refractivity (Wildman–Crippen MR) is 85.7 cm³/mol. The minimum absolute atomic E-state index is 0.0192. The first-order chi connectivity index (χ1) is 10.6. The summed E-state index contributed by atoms with van der Waals surface area (Å²) < 4.78 is 0. The number of aromatic nitrogens is 1. The summed E-state index contributed by atoms with van der Waals surface area (Å²) >= 11 is 1.43. The van der Waals surface area contributed by atoms with Crippen molar-refractivity contribution in [1.29, 1.82) is 0 Å². The van der Waals surface area contributed by atoms with Gasteiger partial charge in [-0.1, -0.05) is 0 Å². The highest BCUT2D eigenvalue weighted by molar-refractivity contribution is 7.13. The van der Waals surface area contributed by atoms with Crippen LogP contribution in [0.2, 0.25) is 0 Å². The zero-order valence-corrected chi connectivity index (χ0v) is 13.6. The molecule has 1 aromatic heterocycles. The lowest BCUT2D eigenvalue weighted by Gasteiger charge is -2.34. The van der Waals surface area contributed by atoms with E-state index in [9.17, 15) is 9.59 Å². The number of rotatable bonds is 4. The fraction of sp³-hybridized carbons (Fsp3) is 0.667. The molecule has 1 N–H and O–H groups in total. The van der Waals surface area contributed by atoms with Gasteiger partial charge in [0.15, 0.2) is 5.13 Å². The van der Waals surface area contributed by atoms with E-state index in [2.05, 4.69) is 15.2 Å². The average molecular weight is 322 g/mol. The molecule has 2 atom stereocenters. The molecule has 0 radical (unpaired) electrons. The monoisotopic (exact) mass is 322 g/mol. The summed E-state index contributed by atoms with van der Waals surface area (Å²) in [6, 6.07) is 0.584. The number of carbonyl (C=O) groups excluding carboxylic acids is 2. The minimum Gasteiger partial charge on any atom is -0.338 e. The second kappa shape index (κ2) is 6.75. The summed E-state index contributed by atoms with van der Waals surface area (Å²) in [7, 11) is 0. The maximum absolute atomic E-state index is 12.2. The number of nitrogens with one attached hydrogen (secondary N) is 1. The molecule has 2 amide bonds. The van der Waals surface area contributed by atoms with Crippen LogP contribution < -0.4 is 5.32 Å². The number of likely N-dealkylation sites (tertiary alicyclic amines) is 2. The Hall–Kier alpha value is -1.47. The molecule has 3 rings (SSSR count). The van der Waals surface area contributed by atoms with Gasteiger partial charge in [-0.05, 0) is 32.2 Å². The van der Waals surface area contributed by atoms with Crippen molar-refractivity contribution < 1.29 is 9.59 Å². The minimum atomic E-state index is -0.0192. The first-order valence-corrected chi connectivity index (χ1v) is 8.73. The molecule has 6 nitrogen and oxygen atoms in total. The molecule has 2 aliphatic rings. The number of nitrogens with zero attached hydrogens (tertiary/aromatic N) is 3. The third-order valence-corrected chi connectivity index (χ3v) is 5.28. The third kappa shape index (κ3) is 3.30. The average Bonchev–Trinajstić information content (AvgIpc) is 3.17. The number of carbonyl (C=O) groups is 2. The molecule has 120 valence electrons. The van der Waals surface area contributed by atoms with Crippen LogP contribution in [0, 0.1) is 0 Å². The lowest BCUT2D eigenvalue weighted by atomic mass is 10.0. The molecule has 7 heteroatoms. The van der Waals surface area contributed by atoms with Gasteiger partial charge in [0.05, 0.1) is 6.54 Å². The molecule has 0 aromatic carbocycles. The van der Waals surface area contributed by atoms with E-state index in [1.165, 1.54) is 11.3 Å². The Kier molecular flexibility index (Phi) is 4.73. The fourth-order valence-corrected chi connectivity index (χ4v) is 4.24. The highest BCUT2D eigenvalue weighted by Crippen LogP contribution is 2.29. The lowest BCUT2D eigenvalue weighted by molar-refractivity contribution is -0.130. The molecule has 0 saturated carbocycles. The Morgan fingerprint density at radius 1 is 1.32 bits per heavy atom. The van der Waals surface area contributed by atoms with Crippen LogP contribution in [0.25, 0.3) is 0 Å². The van der Waals surface area contributed by atoms with Gasteiger partial charge in [-0.2, -0.15) is 0 Å². The molecule has 0 bridgehead atoms. The van der Waals surface area contributed by atoms with Crippen molar-refractivity contribution in [3.05, 3.63) is 11.6 Å². The van der Waals surface area contributed by atoms with Crippen LogP contribution in [-0.2, 0) is 9.59 Å². The summed E-state index contributed by atoms with van der Waals surface area (Å²) in [5, 5.41) is 5.33. The molecule has 0 aliphatic carbocycles. The van der Waals surface area contributed by atoms with E-state index in [0.717, 1.165) is 38.8 Å². The van der Waals surface area contributed by atoms with Gasteiger partial charge < -0.3 is 10.2 Å². The van der Waals surface area contributed by atoms with Crippen LogP contribution in [0.15, 0.2) is 11.6 Å². The van der Waals surface area contributed by atoms with Crippen LogP contribution in [0.3, 0.4) is 0 Å². The summed E-state index contributed by atoms with van der Waals surface area (Å²) in [6.45, 7) is 3.81. The van der Waals surface area contributed by atoms with Gasteiger partial charge in [0.25, 0.3) is 0 Å². The maximum Gasteiger partial charge on any atom is 0.240 e. The van der Waals surface area contributed by atoms with E-state index in [-0.39, 0.29) is 17.9 Å². The second-order valence-electron chi connectivity index (χ2n) is 5.99. The van der Waals surface area contributed by atoms with Gasteiger partial charge >= 0.3 is 0 Å². The molecule has 3 heterocycles. The Balaban J connectivity index is 1.60. The smallest absolute Gasteiger partial charge is 0.240 e. The maximum atomic E-state index is 12.2. The molecular formula is C15H22N4O2S. The topological polar surface area (TPSA) is 65.5 Å². The van der Waals surface area contributed by atoms with Gasteiger partial charge in [0.1, 0.15) is 0 Å². The van der Waals surface area contributed by atoms with E-state index in [1.54, 1.807) is 13.1 Å². The first-order valence-electron chi connectivity index (χ1n) is 7.86. The zero-order valence-electron chi connectivity index (χ0n) is 12.8. The van der Waals surface area contributed by atoms with Crippen LogP contribution in [0.5, 0.6) is 0 Å². The second-order valence-corrected chi connectivity index (χ2v) is 6.88. The van der Waals surface area contributed by atoms with Crippen LogP contribution in [0.1, 0.15) is 32.6 Å². The van der Waals surface area contributed by atoms with Gasteiger partial charge in [-0.25, -0.2) is 4.98 Å². The van der Waals surface area contributed by atoms with Crippen LogP contribution in [-0.4, -0.2) is 58.3 Å². The van der Waals surface area contributed by atoms with Crippen molar-refractivity contribution in [2.24, 2.45) is 0 Å². The van der Waals surface area contributed by atoms with Crippen molar-refractivity contribution in [1.82, 2.24) is 14.8 Å². The number of anilines is 1. The number of hydrogen-bond donors (Lipinski definition) is 1. The van der Waals surface area contributed by atoms with Crippen LogP contribution >= 0.6 is 11.3 Å². The van der Waals surface area contributed by atoms with Crippen molar-refractivity contribution in [2.45, 2.75) is 44.7 Å². The summed E-state index contributed by atoms with van der Waals surface area (Å²) in [4.78, 5) is 32.2. The summed E-state index contributed by atoms with van der Waals surface area (Å²) in [5.41, 5.74) is 0. The van der Waals surface area contributed by atoms with Crippen molar-refractivity contribution in [2.75, 3.05) is 25.0 Å². The summed E-state index contributed by atoms with van der Waals surface area (Å²) in [6.07, 6.45) is 5.97. The largest absolute Gasteiger partial charge is 0.338 e. The third-order valence-electron chi connectivity index (χ3n) is 4.59. The molecule has 0 spiro atoms. The molecule has 2 saturated heterocycles. The Morgan fingerprint density at radius 2 is 2.09 bits per heavy atom. The molecule has 22 heavy (non-hydrogen) atoms. The molecule has 2 fully saturated rings. The van der Waals surface area contributed by atoms with Crippen molar-refractivity contribution in [3.63, 3.8) is 0 Å². The number of thiazole rings is 1. The first kappa shape index (κ1) is 15.4. The Bertz CT molecular complexity index is 534. The lowest BCUT2D eigenvalue weighted by Crippen LogP contribution is -2.49. The van der Waals surface area contributed by atoms with Gasteiger partial charge in [-0.15, -0.1) is 11.3 Å². The van der Waals surface area contributed by atoms with Gasteiger partial charge in [-0.3, -0.25) is 14.5 Å². The fourth-order valence-electron chi connectivity index (χ4n) is 3.70. The highest BCUT2D eigenvalue weighted by atomic mass is 32.1. The SMILES string of the molecule is CC(=O)N1CCCC1C1CCCN1CC(=O)Nc1nccs1. The normalized spacial score (nSPS) is 25.6. The molecular weight excluding hydrogens is 300 g/mol. The summed E-state index contributed by atoms with van der Waals surface area (Å²) in [5.74, 6) is 0.135. The van der Waals surface area contributed by atoms with E-state index in [0.29, 0.717) is 17.7 Å². The quantitative estimate of drug-likeness (QED) is 0.913. The number of amides is 2. The molecule has 2 unspecified atom stereocenters. The zero-order chi connectivity index (χ0) is 15.5.